The van der Waals surface area contributed by atoms with Crippen molar-refractivity contribution in [2.75, 3.05) is 0 Å². The molecule has 1 rings (SSSR count). The maximum atomic E-state index is 11.2. The molecule has 2 amide bonds. The van der Waals surface area contributed by atoms with Crippen molar-refractivity contribution in [3.8, 4) is 0 Å². The second-order valence-electron chi connectivity index (χ2n) is 3.87. The smallest absolute Gasteiger partial charge is 0.233 e. The number of carbonyl (C=O) groups excluding carboxylic acids is 2. The van der Waals surface area contributed by atoms with Crippen molar-refractivity contribution < 1.29 is 9.59 Å². The minimum absolute atomic E-state index is 0.151. The standard InChI is InChI=1S/C11H13ClN2O2/c1-11(9(13)15,10(14)16)6-7-3-2-4-8(12)5-7/h2-5H,6H2,1H3,(H2,13,15)(H2,14,16). The number of nitrogens with two attached hydrogens (primary N) is 2. The van der Waals surface area contributed by atoms with Crippen molar-refractivity contribution >= 4 is 23.4 Å². The summed E-state index contributed by atoms with van der Waals surface area (Å²) in [5, 5.41) is 0.536. The first-order chi connectivity index (χ1) is 7.36. The molecule has 1 aromatic rings. The molecule has 0 aliphatic rings. The molecule has 0 heterocycles. The Kier molecular flexibility index (Phi) is 3.55. The second kappa shape index (κ2) is 4.53. The minimum atomic E-state index is -1.38. The van der Waals surface area contributed by atoms with E-state index in [4.69, 9.17) is 23.1 Å². The first-order valence-electron chi connectivity index (χ1n) is 4.70. The van der Waals surface area contributed by atoms with Gasteiger partial charge < -0.3 is 11.5 Å². The van der Waals surface area contributed by atoms with Gasteiger partial charge in [-0.3, -0.25) is 9.59 Å². The summed E-state index contributed by atoms with van der Waals surface area (Å²) >= 11 is 5.80. The Morgan fingerprint density at radius 3 is 2.31 bits per heavy atom. The summed E-state index contributed by atoms with van der Waals surface area (Å²) in [4.78, 5) is 22.5. The molecule has 0 fully saturated rings. The van der Waals surface area contributed by atoms with Gasteiger partial charge in [-0.05, 0) is 31.0 Å². The highest BCUT2D eigenvalue weighted by molar-refractivity contribution is 6.30. The molecule has 0 aliphatic heterocycles. The van der Waals surface area contributed by atoms with Crippen LogP contribution in [0.4, 0.5) is 0 Å². The molecular formula is C11H13ClN2O2. The van der Waals surface area contributed by atoms with E-state index in [1.54, 1.807) is 24.3 Å². The lowest BCUT2D eigenvalue weighted by atomic mass is 9.82. The number of primary amides is 2. The van der Waals surface area contributed by atoms with Crippen molar-refractivity contribution in [1.29, 1.82) is 0 Å². The van der Waals surface area contributed by atoms with E-state index >= 15 is 0 Å². The van der Waals surface area contributed by atoms with Crippen LogP contribution in [-0.2, 0) is 16.0 Å². The summed E-state index contributed by atoms with van der Waals surface area (Å²) in [6.07, 6.45) is 0.151. The Hall–Kier alpha value is -1.55. The zero-order chi connectivity index (χ0) is 12.3. The van der Waals surface area contributed by atoms with Gasteiger partial charge in [0.1, 0.15) is 5.41 Å². The quantitative estimate of drug-likeness (QED) is 0.765. The molecule has 1 aromatic carbocycles. The molecular weight excluding hydrogens is 228 g/mol. The predicted molar refractivity (Wildman–Crippen MR) is 61.7 cm³/mol. The Morgan fingerprint density at radius 2 is 1.88 bits per heavy atom. The first-order valence-corrected chi connectivity index (χ1v) is 5.08. The fourth-order valence-electron chi connectivity index (χ4n) is 1.35. The molecule has 0 aromatic heterocycles. The van der Waals surface area contributed by atoms with Gasteiger partial charge in [0.2, 0.25) is 11.8 Å². The van der Waals surface area contributed by atoms with E-state index in [0.717, 1.165) is 5.56 Å². The molecule has 4 nitrogen and oxygen atoms in total. The fourth-order valence-corrected chi connectivity index (χ4v) is 1.56. The highest BCUT2D eigenvalue weighted by atomic mass is 35.5. The van der Waals surface area contributed by atoms with Gasteiger partial charge in [0, 0.05) is 5.02 Å². The molecule has 86 valence electrons. The van der Waals surface area contributed by atoms with E-state index in [9.17, 15) is 9.59 Å². The zero-order valence-electron chi connectivity index (χ0n) is 8.87. The first kappa shape index (κ1) is 12.5. The van der Waals surface area contributed by atoms with E-state index < -0.39 is 17.2 Å². The lowest BCUT2D eigenvalue weighted by Crippen LogP contribution is -2.46. The van der Waals surface area contributed by atoms with Gasteiger partial charge in [0.25, 0.3) is 0 Å². The molecule has 0 unspecified atom stereocenters. The molecule has 16 heavy (non-hydrogen) atoms. The average Bonchev–Trinajstić information content (AvgIpc) is 2.16. The number of benzene rings is 1. The Bertz CT molecular complexity index is 418. The summed E-state index contributed by atoms with van der Waals surface area (Å²) in [7, 11) is 0. The molecule has 0 bridgehead atoms. The summed E-state index contributed by atoms with van der Waals surface area (Å²) in [5.41, 5.74) is 9.73. The van der Waals surface area contributed by atoms with Crippen molar-refractivity contribution in [3.63, 3.8) is 0 Å². The zero-order valence-corrected chi connectivity index (χ0v) is 9.62. The van der Waals surface area contributed by atoms with E-state index in [1.807, 2.05) is 0 Å². The normalized spacial score (nSPS) is 11.1. The number of hydrogen-bond donors (Lipinski definition) is 2. The summed E-state index contributed by atoms with van der Waals surface area (Å²) in [6.45, 7) is 1.43. The predicted octanol–water partition coefficient (Wildman–Crippen LogP) is 0.859. The second-order valence-corrected chi connectivity index (χ2v) is 4.30. The lowest BCUT2D eigenvalue weighted by molar-refractivity contribution is -0.138. The van der Waals surface area contributed by atoms with E-state index in [-0.39, 0.29) is 6.42 Å². The van der Waals surface area contributed by atoms with Crippen LogP contribution in [0.3, 0.4) is 0 Å². The van der Waals surface area contributed by atoms with Crippen LogP contribution in [0, 0.1) is 5.41 Å². The van der Waals surface area contributed by atoms with Gasteiger partial charge in [-0.1, -0.05) is 23.7 Å². The Labute approximate surface area is 98.6 Å². The molecule has 0 saturated carbocycles. The summed E-state index contributed by atoms with van der Waals surface area (Å²) in [6, 6.07) is 6.87. The molecule has 5 heteroatoms. The number of carbonyl (C=O) groups is 2. The van der Waals surface area contributed by atoms with Crippen LogP contribution in [0.2, 0.25) is 5.02 Å². The van der Waals surface area contributed by atoms with Crippen molar-refractivity contribution in [2.45, 2.75) is 13.3 Å². The van der Waals surface area contributed by atoms with Crippen LogP contribution in [0.15, 0.2) is 24.3 Å². The fraction of sp³-hybridized carbons (Fsp3) is 0.273. The largest absolute Gasteiger partial charge is 0.369 e. The third kappa shape index (κ3) is 2.52. The molecule has 0 saturated heterocycles. The molecule has 4 N–H and O–H groups in total. The van der Waals surface area contributed by atoms with Gasteiger partial charge in [-0.25, -0.2) is 0 Å². The Balaban J connectivity index is 3.02. The summed E-state index contributed by atoms with van der Waals surface area (Å²) in [5.74, 6) is -1.47. The number of rotatable bonds is 4. The summed E-state index contributed by atoms with van der Waals surface area (Å²) < 4.78 is 0. The maximum absolute atomic E-state index is 11.2. The SMILES string of the molecule is CC(Cc1cccc(Cl)c1)(C(N)=O)C(N)=O. The minimum Gasteiger partial charge on any atom is -0.369 e. The Morgan fingerprint density at radius 1 is 1.31 bits per heavy atom. The van der Waals surface area contributed by atoms with Crippen molar-refractivity contribution in [1.82, 2.24) is 0 Å². The van der Waals surface area contributed by atoms with Gasteiger partial charge in [-0.2, -0.15) is 0 Å². The van der Waals surface area contributed by atoms with Gasteiger partial charge in [0.15, 0.2) is 0 Å². The molecule has 0 atom stereocenters. The van der Waals surface area contributed by atoms with Gasteiger partial charge in [-0.15, -0.1) is 0 Å². The number of hydrogen-bond acceptors (Lipinski definition) is 2. The van der Waals surface area contributed by atoms with E-state index in [0.29, 0.717) is 5.02 Å². The lowest BCUT2D eigenvalue weighted by Gasteiger charge is -2.22. The molecule has 0 aliphatic carbocycles. The van der Waals surface area contributed by atoms with Crippen LogP contribution in [-0.4, -0.2) is 11.8 Å². The van der Waals surface area contributed by atoms with E-state index in [2.05, 4.69) is 0 Å². The van der Waals surface area contributed by atoms with Crippen LogP contribution in [0.25, 0.3) is 0 Å². The topological polar surface area (TPSA) is 86.2 Å². The molecule has 0 radical (unpaired) electrons. The third-order valence-electron chi connectivity index (χ3n) is 2.53. The monoisotopic (exact) mass is 240 g/mol. The third-order valence-corrected chi connectivity index (χ3v) is 2.77. The average molecular weight is 241 g/mol. The van der Waals surface area contributed by atoms with Crippen LogP contribution >= 0.6 is 11.6 Å². The van der Waals surface area contributed by atoms with Crippen LogP contribution in [0.5, 0.6) is 0 Å². The van der Waals surface area contributed by atoms with Gasteiger partial charge >= 0.3 is 0 Å². The van der Waals surface area contributed by atoms with Crippen molar-refractivity contribution in [3.05, 3.63) is 34.9 Å². The van der Waals surface area contributed by atoms with Crippen LogP contribution in [0.1, 0.15) is 12.5 Å². The molecule has 0 spiro atoms. The van der Waals surface area contributed by atoms with Crippen molar-refractivity contribution in [2.24, 2.45) is 16.9 Å². The highest BCUT2D eigenvalue weighted by Crippen LogP contribution is 2.23. The number of amides is 2. The van der Waals surface area contributed by atoms with E-state index in [1.165, 1.54) is 6.92 Å². The van der Waals surface area contributed by atoms with Gasteiger partial charge in [0.05, 0.1) is 0 Å². The maximum Gasteiger partial charge on any atom is 0.233 e. The highest BCUT2D eigenvalue weighted by Gasteiger charge is 2.37. The van der Waals surface area contributed by atoms with Crippen LogP contribution < -0.4 is 11.5 Å². The number of halogens is 1.